The van der Waals surface area contributed by atoms with Gasteiger partial charge < -0.3 is 10.1 Å². The zero-order valence-corrected chi connectivity index (χ0v) is 10.3. The maximum atomic E-state index is 12.4. The summed E-state index contributed by atoms with van der Waals surface area (Å²) in [5.41, 5.74) is 0. The average molecular weight is 233 g/mol. The van der Waals surface area contributed by atoms with Crippen LogP contribution in [0.4, 0.5) is 0 Å². The van der Waals surface area contributed by atoms with Gasteiger partial charge in [-0.2, -0.15) is 0 Å². The first kappa shape index (κ1) is 11.4. The summed E-state index contributed by atoms with van der Waals surface area (Å²) in [6.07, 6.45) is 0.621. The van der Waals surface area contributed by atoms with E-state index in [1.807, 2.05) is 20.8 Å². The minimum atomic E-state index is -3.05. The summed E-state index contributed by atoms with van der Waals surface area (Å²) in [5, 5.41) is 3.09. The number of fused-ring (bicyclic) bond motifs is 1. The molecule has 1 N–H and O–H groups in total. The Labute approximate surface area is 91.3 Å². The summed E-state index contributed by atoms with van der Waals surface area (Å²) >= 11 is 0. The average Bonchev–Trinajstić information content (AvgIpc) is 2.16. The predicted octanol–water partition coefficient (Wildman–Crippen LogP) is 0.329. The lowest BCUT2D eigenvalue weighted by molar-refractivity contribution is 0.0621. The van der Waals surface area contributed by atoms with E-state index in [1.54, 1.807) is 0 Å². The van der Waals surface area contributed by atoms with Crippen LogP contribution in [0.1, 0.15) is 27.2 Å². The lowest BCUT2D eigenvalue weighted by Gasteiger charge is -2.47. The topological polar surface area (TPSA) is 55.4 Å². The summed E-state index contributed by atoms with van der Waals surface area (Å²) in [7, 11) is -3.05. The highest BCUT2D eigenvalue weighted by atomic mass is 32.2. The van der Waals surface area contributed by atoms with Crippen LogP contribution in [0.25, 0.3) is 0 Å². The van der Waals surface area contributed by atoms with Crippen LogP contribution in [0.3, 0.4) is 0 Å². The third-order valence-corrected chi connectivity index (χ3v) is 7.11. The molecular weight excluding hydrogens is 214 g/mol. The van der Waals surface area contributed by atoms with Gasteiger partial charge in [-0.1, -0.05) is 0 Å². The summed E-state index contributed by atoms with van der Waals surface area (Å²) in [5.74, 6) is 0. The number of hydrogen-bond donors (Lipinski definition) is 1. The first-order chi connectivity index (χ1) is 6.87. The molecule has 0 aromatic carbocycles. The number of hydrogen-bond acceptors (Lipinski definition) is 4. The van der Waals surface area contributed by atoms with Crippen LogP contribution >= 0.6 is 0 Å². The van der Waals surface area contributed by atoms with Crippen molar-refractivity contribution < 1.29 is 13.2 Å². The quantitative estimate of drug-likeness (QED) is 0.655. The molecular formula is C10H19NO3S. The third-order valence-electron chi connectivity index (χ3n) is 3.93. The fourth-order valence-electron chi connectivity index (χ4n) is 2.40. The zero-order chi connectivity index (χ0) is 11.3. The third kappa shape index (κ3) is 1.52. The molecule has 0 amide bonds. The number of ether oxygens (including phenoxy) is 1. The van der Waals surface area contributed by atoms with Crippen molar-refractivity contribution >= 4 is 9.84 Å². The summed E-state index contributed by atoms with van der Waals surface area (Å²) < 4.78 is 29.4. The molecule has 0 spiro atoms. The molecule has 4 nitrogen and oxygen atoms in total. The summed E-state index contributed by atoms with van der Waals surface area (Å²) in [6, 6.07) is -0.0442. The summed E-state index contributed by atoms with van der Waals surface area (Å²) in [4.78, 5) is 0. The van der Waals surface area contributed by atoms with Gasteiger partial charge in [0.1, 0.15) is 0 Å². The Morgan fingerprint density at radius 2 is 2.07 bits per heavy atom. The molecule has 2 saturated heterocycles. The zero-order valence-electron chi connectivity index (χ0n) is 9.49. The van der Waals surface area contributed by atoms with Crippen molar-refractivity contribution in [1.29, 1.82) is 0 Å². The van der Waals surface area contributed by atoms with E-state index < -0.39 is 14.6 Å². The van der Waals surface area contributed by atoms with Gasteiger partial charge in [-0.15, -0.1) is 0 Å². The van der Waals surface area contributed by atoms with Crippen LogP contribution in [-0.4, -0.2) is 43.7 Å². The van der Waals surface area contributed by atoms with Crippen molar-refractivity contribution in [1.82, 2.24) is 5.32 Å². The van der Waals surface area contributed by atoms with Gasteiger partial charge in [-0.3, -0.25) is 0 Å². The van der Waals surface area contributed by atoms with Crippen molar-refractivity contribution in [2.24, 2.45) is 0 Å². The van der Waals surface area contributed by atoms with Gasteiger partial charge in [-0.25, -0.2) is 8.42 Å². The molecule has 2 aliphatic rings. The molecule has 0 aromatic rings. The molecule has 0 saturated carbocycles. The van der Waals surface area contributed by atoms with Crippen LogP contribution < -0.4 is 5.32 Å². The molecule has 0 aliphatic carbocycles. The minimum Gasteiger partial charge on any atom is -0.380 e. The van der Waals surface area contributed by atoms with E-state index in [0.29, 0.717) is 19.6 Å². The van der Waals surface area contributed by atoms with Gasteiger partial charge in [-0.05, 0) is 27.2 Å². The molecule has 0 aromatic heterocycles. The van der Waals surface area contributed by atoms with Gasteiger partial charge in [0.2, 0.25) is 0 Å². The smallest absolute Gasteiger partial charge is 0.161 e. The lowest BCUT2D eigenvalue weighted by atomic mass is 10.0. The second-order valence-electron chi connectivity index (χ2n) is 5.05. The molecule has 15 heavy (non-hydrogen) atoms. The number of sulfone groups is 1. The van der Waals surface area contributed by atoms with E-state index in [-0.39, 0.29) is 17.3 Å². The van der Waals surface area contributed by atoms with Crippen LogP contribution in [0.2, 0.25) is 0 Å². The molecule has 3 atom stereocenters. The molecule has 5 heteroatoms. The van der Waals surface area contributed by atoms with Crippen molar-refractivity contribution in [3.05, 3.63) is 0 Å². The van der Waals surface area contributed by atoms with Gasteiger partial charge >= 0.3 is 0 Å². The Morgan fingerprint density at radius 1 is 1.40 bits per heavy atom. The Balaban J connectivity index is 2.38. The Morgan fingerprint density at radius 3 is 2.73 bits per heavy atom. The molecule has 2 aliphatic heterocycles. The predicted molar refractivity (Wildman–Crippen MR) is 58.6 cm³/mol. The molecule has 0 bridgehead atoms. The highest BCUT2D eigenvalue weighted by molar-refractivity contribution is 7.93. The van der Waals surface area contributed by atoms with Gasteiger partial charge in [0.15, 0.2) is 9.84 Å². The molecule has 3 unspecified atom stereocenters. The first-order valence-corrected chi connectivity index (χ1v) is 6.99. The van der Waals surface area contributed by atoms with E-state index in [1.165, 1.54) is 0 Å². The van der Waals surface area contributed by atoms with E-state index in [4.69, 9.17) is 4.74 Å². The van der Waals surface area contributed by atoms with E-state index >= 15 is 0 Å². The van der Waals surface area contributed by atoms with E-state index in [9.17, 15) is 8.42 Å². The van der Waals surface area contributed by atoms with Gasteiger partial charge in [0.25, 0.3) is 0 Å². The van der Waals surface area contributed by atoms with Crippen molar-refractivity contribution in [2.75, 3.05) is 13.2 Å². The fourth-order valence-corrected chi connectivity index (χ4v) is 4.74. The van der Waals surface area contributed by atoms with Crippen molar-refractivity contribution in [2.45, 2.75) is 49.3 Å². The fraction of sp³-hybridized carbons (Fsp3) is 1.00. The molecule has 2 fully saturated rings. The monoisotopic (exact) mass is 233 g/mol. The second kappa shape index (κ2) is 3.43. The highest BCUT2D eigenvalue weighted by Gasteiger charge is 2.52. The maximum Gasteiger partial charge on any atom is 0.161 e. The Bertz CT molecular complexity index is 350. The Kier molecular flexibility index (Phi) is 2.60. The van der Waals surface area contributed by atoms with Crippen molar-refractivity contribution in [3.8, 4) is 0 Å². The largest absolute Gasteiger partial charge is 0.380 e. The SMILES string of the molecule is CC1NC2COCCC2S(=O)(=O)C1(C)C. The van der Waals surface area contributed by atoms with E-state index in [0.717, 1.165) is 0 Å². The van der Waals surface area contributed by atoms with Crippen LogP contribution in [-0.2, 0) is 14.6 Å². The minimum absolute atomic E-state index is 0.0215. The first-order valence-electron chi connectivity index (χ1n) is 5.44. The van der Waals surface area contributed by atoms with E-state index in [2.05, 4.69) is 5.32 Å². The second-order valence-corrected chi connectivity index (χ2v) is 7.79. The standard InChI is InChI=1S/C10H19NO3S/c1-7-10(2,3)15(12,13)9-4-5-14-6-8(9)11-7/h7-9,11H,4-6H2,1-3H3. The maximum absolute atomic E-state index is 12.4. The van der Waals surface area contributed by atoms with Crippen LogP contribution in [0.5, 0.6) is 0 Å². The molecule has 0 radical (unpaired) electrons. The number of rotatable bonds is 0. The highest BCUT2D eigenvalue weighted by Crippen LogP contribution is 2.34. The Hall–Kier alpha value is -0.130. The molecule has 2 heterocycles. The normalized spacial score (nSPS) is 43.3. The summed E-state index contributed by atoms with van der Waals surface area (Å²) in [6.45, 7) is 6.64. The molecule has 88 valence electrons. The molecule has 2 rings (SSSR count). The lowest BCUT2D eigenvalue weighted by Crippen LogP contribution is -2.68. The van der Waals surface area contributed by atoms with Gasteiger partial charge in [0, 0.05) is 18.7 Å². The van der Waals surface area contributed by atoms with Crippen LogP contribution in [0, 0.1) is 0 Å². The van der Waals surface area contributed by atoms with Crippen LogP contribution in [0.15, 0.2) is 0 Å². The van der Waals surface area contributed by atoms with Gasteiger partial charge in [0.05, 0.1) is 16.6 Å². The number of nitrogens with one attached hydrogen (secondary N) is 1. The van der Waals surface area contributed by atoms with Crippen molar-refractivity contribution in [3.63, 3.8) is 0 Å².